The molecule has 0 aromatic carbocycles. The van der Waals surface area contributed by atoms with Crippen molar-refractivity contribution in [2.24, 2.45) is 0 Å². The van der Waals surface area contributed by atoms with Crippen molar-refractivity contribution in [3.8, 4) is 0 Å². The maximum Gasteiger partial charge on any atom is 0.186 e. The molecule has 1 aliphatic carbocycles. The van der Waals surface area contributed by atoms with E-state index in [-0.39, 0.29) is 0 Å². The van der Waals surface area contributed by atoms with E-state index in [9.17, 15) is 0 Å². The molecule has 0 saturated heterocycles. The van der Waals surface area contributed by atoms with Crippen LogP contribution in [0.5, 0.6) is 0 Å². The van der Waals surface area contributed by atoms with Crippen LogP contribution >= 0.6 is 11.3 Å². The largest absolute Gasteiger partial charge is 0.346 e. The molecule has 1 aromatic rings. The Morgan fingerprint density at radius 1 is 1.29 bits per heavy atom. The molecular formula is C17H31N3S. The van der Waals surface area contributed by atoms with Crippen molar-refractivity contribution in [3.05, 3.63) is 10.6 Å². The number of thiazole rings is 1. The van der Waals surface area contributed by atoms with Gasteiger partial charge < -0.3 is 10.2 Å². The molecule has 1 fully saturated rings. The van der Waals surface area contributed by atoms with Gasteiger partial charge in [0.2, 0.25) is 0 Å². The summed E-state index contributed by atoms with van der Waals surface area (Å²) in [6.07, 6.45) is 5.03. The molecule has 1 N–H and O–H groups in total. The molecule has 0 spiro atoms. The molecule has 120 valence electrons. The number of hydrogen-bond acceptors (Lipinski definition) is 4. The van der Waals surface area contributed by atoms with Crippen LogP contribution in [0.25, 0.3) is 0 Å². The van der Waals surface area contributed by atoms with Gasteiger partial charge >= 0.3 is 0 Å². The first-order valence-electron chi connectivity index (χ1n) is 8.56. The van der Waals surface area contributed by atoms with Gasteiger partial charge in [0.15, 0.2) is 5.13 Å². The minimum atomic E-state index is 0.519. The molecule has 3 nitrogen and oxygen atoms in total. The molecule has 0 amide bonds. The fourth-order valence-electron chi connectivity index (χ4n) is 2.52. The number of aromatic nitrogens is 1. The topological polar surface area (TPSA) is 28.2 Å². The highest BCUT2D eigenvalue weighted by molar-refractivity contribution is 7.15. The first-order valence-corrected chi connectivity index (χ1v) is 9.38. The van der Waals surface area contributed by atoms with Gasteiger partial charge in [0.25, 0.3) is 0 Å². The van der Waals surface area contributed by atoms with E-state index >= 15 is 0 Å². The lowest BCUT2D eigenvalue weighted by Crippen LogP contribution is -2.31. The van der Waals surface area contributed by atoms with Crippen LogP contribution in [0.2, 0.25) is 0 Å². The quantitative estimate of drug-likeness (QED) is 0.726. The van der Waals surface area contributed by atoms with E-state index < -0.39 is 0 Å². The highest BCUT2D eigenvalue weighted by Crippen LogP contribution is 2.33. The second kappa shape index (κ2) is 7.59. The van der Waals surface area contributed by atoms with Gasteiger partial charge in [-0.1, -0.05) is 20.8 Å². The third kappa shape index (κ3) is 4.43. The van der Waals surface area contributed by atoms with Crippen molar-refractivity contribution in [2.45, 2.75) is 84.8 Å². The Hall–Kier alpha value is -0.610. The highest BCUT2D eigenvalue weighted by atomic mass is 32.1. The molecule has 4 heteroatoms. The molecular weight excluding hydrogens is 278 g/mol. The van der Waals surface area contributed by atoms with E-state index in [4.69, 9.17) is 4.98 Å². The summed E-state index contributed by atoms with van der Waals surface area (Å²) in [6.45, 7) is 13.4. The summed E-state index contributed by atoms with van der Waals surface area (Å²) in [7, 11) is 0. The van der Waals surface area contributed by atoms with Crippen molar-refractivity contribution < 1.29 is 0 Å². The number of anilines is 1. The van der Waals surface area contributed by atoms with Crippen LogP contribution in [-0.2, 0) is 6.54 Å². The van der Waals surface area contributed by atoms with Crippen molar-refractivity contribution >= 4 is 16.5 Å². The van der Waals surface area contributed by atoms with Gasteiger partial charge in [-0.05, 0) is 45.4 Å². The number of nitrogens with zero attached hydrogens (tertiary/aromatic N) is 2. The number of rotatable bonds is 9. The van der Waals surface area contributed by atoms with Crippen molar-refractivity contribution in [2.75, 3.05) is 11.4 Å². The molecule has 0 radical (unpaired) electrons. The molecule has 21 heavy (non-hydrogen) atoms. The molecule has 2 rings (SSSR count). The van der Waals surface area contributed by atoms with Gasteiger partial charge in [0, 0.05) is 30.1 Å². The second-order valence-corrected chi connectivity index (χ2v) is 7.62. The summed E-state index contributed by atoms with van der Waals surface area (Å²) in [6, 6.07) is 1.28. The maximum absolute atomic E-state index is 5.02. The predicted octanol–water partition coefficient (Wildman–Crippen LogP) is 4.53. The van der Waals surface area contributed by atoms with Crippen LogP contribution in [0.4, 0.5) is 5.13 Å². The van der Waals surface area contributed by atoms with Crippen LogP contribution in [-0.4, -0.2) is 23.6 Å². The summed E-state index contributed by atoms with van der Waals surface area (Å²) < 4.78 is 0. The van der Waals surface area contributed by atoms with Crippen LogP contribution < -0.4 is 10.2 Å². The van der Waals surface area contributed by atoms with E-state index in [1.807, 2.05) is 11.3 Å². The lowest BCUT2D eigenvalue weighted by atomic mass is 10.0. The molecule has 1 heterocycles. The first-order chi connectivity index (χ1) is 10.1. The molecule has 1 unspecified atom stereocenters. The Balaban J connectivity index is 2.19. The third-order valence-corrected chi connectivity index (χ3v) is 5.37. The molecule has 0 aliphatic heterocycles. The lowest BCUT2D eigenvalue weighted by molar-refractivity contribution is 0.650. The zero-order valence-electron chi connectivity index (χ0n) is 14.3. The Morgan fingerprint density at radius 2 is 2.00 bits per heavy atom. The number of nitrogens with one attached hydrogen (secondary N) is 1. The minimum Gasteiger partial charge on any atom is -0.346 e. The third-order valence-electron chi connectivity index (χ3n) is 4.26. The van der Waals surface area contributed by atoms with Gasteiger partial charge in [-0.3, -0.25) is 0 Å². The average Bonchev–Trinajstić information content (AvgIpc) is 3.20. The Kier molecular flexibility index (Phi) is 6.06. The Morgan fingerprint density at radius 3 is 2.52 bits per heavy atom. The summed E-state index contributed by atoms with van der Waals surface area (Å²) >= 11 is 1.90. The minimum absolute atomic E-state index is 0.519. The van der Waals surface area contributed by atoms with E-state index in [1.165, 1.54) is 35.0 Å². The first kappa shape index (κ1) is 16.8. The lowest BCUT2D eigenvalue weighted by Gasteiger charge is -2.25. The molecule has 0 bridgehead atoms. The van der Waals surface area contributed by atoms with Gasteiger partial charge in [-0.2, -0.15) is 0 Å². The zero-order valence-corrected chi connectivity index (χ0v) is 15.1. The van der Waals surface area contributed by atoms with Crippen molar-refractivity contribution in [1.82, 2.24) is 10.3 Å². The van der Waals surface area contributed by atoms with Crippen LogP contribution in [0.3, 0.4) is 0 Å². The monoisotopic (exact) mass is 309 g/mol. The van der Waals surface area contributed by atoms with Crippen LogP contribution in [0, 0.1) is 0 Å². The zero-order chi connectivity index (χ0) is 15.4. The van der Waals surface area contributed by atoms with E-state index in [0.717, 1.165) is 25.6 Å². The van der Waals surface area contributed by atoms with Crippen molar-refractivity contribution in [1.29, 1.82) is 0 Å². The smallest absolute Gasteiger partial charge is 0.186 e. The van der Waals surface area contributed by atoms with Gasteiger partial charge in [0.1, 0.15) is 0 Å². The van der Waals surface area contributed by atoms with Gasteiger partial charge in [-0.25, -0.2) is 4.98 Å². The summed E-state index contributed by atoms with van der Waals surface area (Å²) in [4.78, 5) is 8.93. The fraction of sp³-hybridized carbons (Fsp3) is 0.824. The Bertz CT molecular complexity index is 437. The summed E-state index contributed by atoms with van der Waals surface area (Å²) in [5.41, 5.74) is 1.33. The average molecular weight is 310 g/mol. The fourth-order valence-corrected chi connectivity index (χ4v) is 3.81. The van der Waals surface area contributed by atoms with Gasteiger partial charge in [0.05, 0.1) is 5.69 Å². The number of hydrogen-bond donors (Lipinski definition) is 1. The summed E-state index contributed by atoms with van der Waals surface area (Å²) in [5.74, 6) is 0.557. The second-order valence-electron chi connectivity index (χ2n) is 6.56. The molecule has 1 atom stereocenters. The van der Waals surface area contributed by atoms with E-state index in [2.05, 4.69) is 44.8 Å². The van der Waals surface area contributed by atoms with E-state index in [1.54, 1.807) is 0 Å². The normalized spacial score (nSPS) is 16.5. The molecule has 1 saturated carbocycles. The molecule has 1 aliphatic rings. The summed E-state index contributed by atoms with van der Waals surface area (Å²) in [5, 5.41) is 4.87. The van der Waals surface area contributed by atoms with Gasteiger partial charge in [-0.15, -0.1) is 11.3 Å². The van der Waals surface area contributed by atoms with Crippen molar-refractivity contribution in [3.63, 3.8) is 0 Å². The molecule has 1 aromatic heterocycles. The standard InChI is InChI=1S/C17H31N3S/c1-6-10-20(12(3)4)17-19-16(13(5)7-2)15(21-17)11-18-14-8-9-14/h12-14,18H,6-11H2,1-5H3. The van der Waals surface area contributed by atoms with Crippen LogP contribution in [0.1, 0.15) is 76.8 Å². The predicted molar refractivity (Wildman–Crippen MR) is 93.5 cm³/mol. The van der Waals surface area contributed by atoms with Crippen LogP contribution in [0.15, 0.2) is 0 Å². The maximum atomic E-state index is 5.02. The highest BCUT2D eigenvalue weighted by Gasteiger charge is 2.24. The Labute approximate surface area is 134 Å². The SMILES string of the molecule is CCCN(c1nc(C(C)CC)c(CNC2CC2)s1)C(C)C. The van der Waals surface area contributed by atoms with E-state index in [0.29, 0.717) is 12.0 Å².